The van der Waals surface area contributed by atoms with Crippen LogP contribution in [0.15, 0.2) is 45.3 Å². The summed E-state index contributed by atoms with van der Waals surface area (Å²) in [6.45, 7) is -0.308. The molecule has 2 rings (SSSR count). The van der Waals surface area contributed by atoms with Crippen molar-refractivity contribution in [3.63, 3.8) is 0 Å². The molecule has 132 valence electrons. The van der Waals surface area contributed by atoms with Crippen LogP contribution in [0.4, 0.5) is 0 Å². The molecule has 2 aromatic rings. The number of benzene rings is 2. The van der Waals surface area contributed by atoms with Crippen LogP contribution in [0.2, 0.25) is 5.02 Å². The number of nitrogens with one attached hydrogen (secondary N) is 2. The third-order valence-electron chi connectivity index (χ3n) is 2.97. The summed E-state index contributed by atoms with van der Waals surface area (Å²) in [6, 6.07) is 9.98. The molecule has 2 aromatic carbocycles. The topological polar surface area (TPSA) is 76.7 Å². The molecule has 0 heterocycles. The number of carbonyl (C=O) groups is 2. The number of hydrogen-bond donors (Lipinski definition) is 2. The second-order valence-electron chi connectivity index (χ2n) is 4.71. The molecule has 0 unspecified atom stereocenters. The molecule has 0 aliphatic carbocycles. The van der Waals surface area contributed by atoms with Gasteiger partial charge in [-0.15, -0.1) is 0 Å². The molecule has 9 heteroatoms. The Kier molecular flexibility index (Phi) is 7.10. The molecule has 0 spiro atoms. The first-order valence-corrected chi connectivity index (χ1v) is 8.87. The second-order valence-corrected chi connectivity index (χ2v) is 6.95. The Balaban J connectivity index is 1.89. The Morgan fingerprint density at radius 1 is 1.04 bits per heavy atom. The maximum Gasteiger partial charge on any atom is 0.276 e. The number of rotatable bonds is 5. The van der Waals surface area contributed by atoms with Crippen LogP contribution in [0, 0.1) is 0 Å². The summed E-state index contributed by atoms with van der Waals surface area (Å²) in [6.07, 6.45) is 0. The fraction of sp³-hybridized carbons (Fsp3) is 0.125. The van der Waals surface area contributed by atoms with Crippen molar-refractivity contribution in [1.82, 2.24) is 10.9 Å². The molecule has 25 heavy (non-hydrogen) atoms. The predicted octanol–water partition coefficient (Wildman–Crippen LogP) is 3.71. The van der Waals surface area contributed by atoms with Gasteiger partial charge < -0.3 is 9.47 Å². The first kappa shape index (κ1) is 19.6. The van der Waals surface area contributed by atoms with Gasteiger partial charge >= 0.3 is 0 Å². The summed E-state index contributed by atoms with van der Waals surface area (Å²) in [4.78, 5) is 24.0. The van der Waals surface area contributed by atoms with Gasteiger partial charge in [0, 0.05) is 8.95 Å². The second kappa shape index (κ2) is 9.07. The van der Waals surface area contributed by atoms with E-state index in [1.54, 1.807) is 36.4 Å². The molecule has 0 saturated carbocycles. The minimum absolute atomic E-state index is 0.272. The van der Waals surface area contributed by atoms with Crippen molar-refractivity contribution >= 4 is 55.3 Å². The Labute approximate surface area is 166 Å². The van der Waals surface area contributed by atoms with Crippen molar-refractivity contribution in [2.24, 2.45) is 0 Å². The third kappa shape index (κ3) is 5.62. The lowest BCUT2D eigenvalue weighted by atomic mass is 10.2. The van der Waals surface area contributed by atoms with Gasteiger partial charge in [0.1, 0.15) is 11.5 Å². The highest BCUT2D eigenvalue weighted by atomic mass is 79.9. The van der Waals surface area contributed by atoms with Crippen LogP contribution < -0.4 is 20.3 Å². The van der Waals surface area contributed by atoms with Crippen molar-refractivity contribution < 1.29 is 19.1 Å². The van der Waals surface area contributed by atoms with Gasteiger partial charge in [-0.3, -0.25) is 20.4 Å². The summed E-state index contributed by atoms with van der Waals surface area (Å²) in [7, 11) is 1.45. The molecular weight excluding hydrogens is 479 g/mol. The molecule has 0 radical (unpaired) electrons. The lowest BCUT2D eigenvalue weighted by Crippen LogP contribution is -2.43. The average Bonchev–Trinajstić information content (AvgIpc) is 2.58. The van der Waals surface area contributed by atoms with Crippen molar-refractivity contribution in [1.29, 1.82) is 0 Å². The molecule has 0 aliphatic rings. The Morgan fingerprint density at radius 2 is 1.68 bits per heavy atom. The van der Waals surface area contributed by atoms with E-state index in [9.17, 15) is 9.59 Å². The molecule has 0 fully saturated rings. The van der Waals surface area contributed by atoms with E-state index in [1.165, 1.54) is 7.11 Å². The van der Waals surface area contributed by atoms with Gasteiger partial charge in [-0.1, -0.05) is 43.5 Å². The zero-order valence-corrected chi connectivity index (χ0v) is 16.9. The van der Waals surface area contributed by atoms with Crippen molar-refractivity contribution in [2.75, 3.05) is 13.7 Å². The van der Waals surface area contributed by atoms with E-state index in [-0.39, 0.29) is 12.2 Å². The number of ether oxygens (including phenoxy) is 2. The first-order chi connectivity index (χ1) is 11.9. The number of carbonyl (C=O) groups excluding carboxylic acids is 2. The van der Waals surface area contributed by atoms with Crippen molar-refractivity contribution in [3.05, 3.63) is 55.9 Å². The van der Waals surface area contributed by atoms with Crippen LogP contribution in [0.25, 0.3) is 0 Å². The van der Waals surface area contributed by atoms with Crippen LogP contribution in [-0.4, -0.2) is 25.5 Å². The average molecular weight is 493 g/mol. The van der Waals surface area contributed by atoms with Crippen LogP contribution in [-0.2, 0) is 4.79 Å². The molecule has 0 atom stereocenters. The van der Waals surface area contributed by atoms with Gasteiger partial charge in [0.25, 0.3) is 11.8 Å². The number of halogens is 3. The van der Waals surface area contributed by atoms with E-state index < -0.39 is 11.8 Å². The summed E-state index contributed by atoms with van der Waals surface area (Å²) in [5, 5.41) is 0.366. The minimum Gasteiger partial charge on any atom is -0.496 e. The molecule has 0 bridgehead atoms. The monoisotopic (exact) mass is 490 g/mol. The zero-order chi connectivity index (χ0) is 18.4. The Bertz CT molecular complexity index is 802. The van der Waals surface area contributed by atoms with Crippen LogP contribution >= 0.6 is 43.5 Å². The highest BCUT2D eigenvalue weighted by Crippen LogP contribution is 2.27. The molecular formula is C16H13Br2ClN2O4. The van der Waals surface area contributed by atoms with Gasteiger partial charge in [0.2, 0.25) is 0 Å². The zero-order valence-electron chi connectivity index (χ0n) is 12.9. The van der Waals surface area contributed by atoms with E-state index in [0.717, 1.165) is 4.47 Å². The van der Waals surface area contributed by atoms with Gasteiger partial charge in [-0.05, 0) is 36.4 Å². The van der Waals surface area contributed by atoms with Crippen molar-refractivity contribution in [3.8, 4) is 11.5 Å². The molecule has 6 nitrogen and oxygen atoms in total. The summed E-state index contributed by atoms with van der Waals surface area (Å²) in [5.41, 5.74) is 4.84. The fourth-order valence-corrected chi connectivity index (χ4v) is 2.91. The normalized spacial score (nSPS) is 10.1. The van der Waals surface area contributed by atoms with Crippen LogP contribution in [0.5, 0.6) is 11.5 Å². The molecule has 0 aliphatic heterocycles. The Morgan fingerprint density at radius 3 is 2.32 bits per heavy atom. The maximum atomic E-state index is 12.2. The van der Waals surface area contributed by atoms with Crippen molar-refractivity contribution in [2.45, 2.75) is 0 Å². The molecule has 2 N–H and O–H groups in total. The smallest absolute Gasteiger partial charge is 0.276 e. The van der Waals surface area contributed by atoms with Crippen LogP contribution in [0.1, 0.15) is 10.4 Å². The SMILES string of the molecule is COc1ccc(Br)cc1C(=O)NNC(=O)COc1ccc(Br)cc1Cl. The Hall–Kier alpha value is -1.77. The van der Waals surface area contributed by atoms with E-state index >= 15 is 0 Å². The van der Waals surface area contributed by atoms with E-state index in [4.69, 9.17) is 21.1 Å². The number of hydrogen-bond acceptors (Lipinski definition) is 4. The highest BCUT2D eigenvalue weighted by Gasteiger charge is 2.14. The highest BCUT2D eigenvalue weighted by molar-refractivity contribution is 9.10. The number of hydrazine groups is 1. The summed E-state index contributed by atoms with van der Waals surface area (Å²) in [5.74, 6) is -0.317. The maximum absolute atomic E-state index is 12.2. The van der Waals surface area contributed by atoms with Crippen LogP contribution in [0.3, 0.4) is 0 Å². The van der Waals surface area contributed by atoms with E-state index in [2.05, 4.69) is 42.7 Å². The van der Waals surface area contributed by atoms with E-state index in [1.807, 2.05) is 0 Å². The summed E-state index contributed by atoms with van der Waals surface area (Å²) >= 11 is 12.5. The molecule has 0 aromatic heterocycles. The molecule has 0 saturated heterocycles. The largest absolute Gasteiger partial charge is 0.496 e. The first-order valence-electron chi connectivity index (χ1n) is 6.91. The number of amides is 2. The lowest BCUT2D eigenvalue weighted by molar-refractivity contribution is -0.123. The third-order valence-corrected chi connectivity index (χ3v) is 4.26. The minimum atomic E-state index is -0.540. The molecule has 2 amide bonds. The van der Waals surface area contributed by atoms with Gasteiger partial charge in [0.15, 0.2) is 6.61 Å². The standard InChI is InChI=1S/C16H13Br2ClN2O4/c1-24-13-4-2-9(17)6-11(13)16(23)21-20-15(22)8-25-14-5-3-10(18)7-12(14)19/h2-7H,8H2,1H3,(H,20,22)(H,21,23). The summed E-state index contributed by atoms with van der Waals surface area (Å²) < 4.78 is 11.9. The van der Waals surface area contributed by atoms with Gasteiger partial charge in [0.05, 0.1) is 17.7 Å². The van der Waals surface area contributed by atoms with Gasteiger partial charge in [-0.25, -0.2) is 0 Å². The van der Waals surface area contributed by atoms with Gasteiger partial charge in [-0.2, -0.15) is 0 Å². The fourth-order valence-electron chi connectivity index (χ4n) is 1.82. The quantitative estimate of drug-likeness (QED) is 0.624. The van der Waals surface area contributed by atoms with E-state index in [0.29, 0.717) is 21.0 Å². The lowest BCUT2D eigenvalue weighted by Gasteiger charge is -2.11. The number of methoxy groups -OCH3 is 1. The predicted molar refractivity (Wildman–Crippen MR) is 101 cm³/mol.